The van der Waals surface area contributed by atoms with Gasteiger partial charge in [-0.05, 0) is 23.3 Å². The smallest absolute Gasteiger partial charge is 0.204 e. The molecule has 0 amide bonds. The number of ketones is 4. The highest BCUT2D eigenvalue weighted by Crippen LogP contribution is 2.67. The van der Waals surface area contributed by atoms with Crippen molar-refractivity contribution in [2.24, 2.45) is 5.41 Å². The first kappa shape index (κ1) is 23.1. The van der Waals surface area contributed by atoms with E-state index in [0.29, 0.717) is 15.6 Å². The number of hydrogen-bond donors (Lipinski definition) is 0. The molecule has 2 unspecified atom stereocenters. The van der Waals surface area contributed by atoms with E-state index >= 15 is 0 Å². The number of fused-ring (bicyclic) bond motifs is 2. The minimum Gasteiger partial charge on any atom is -0.348 e. The van der Waals surface area contributed by atoms with E-state index in [1.54, 1.807) is 91.0 Å². The van der Waals surface area contributed by atoms with Crippen LogP contribution >= 0.6 is 15.9 Å². The first-order valence-corrected chi connectivity index (χ1v) is 13.1. The second kappa shape index (κ2) is 8.00. The molecule has 0 bridgehead atoms. The van der Waals surface area contributed by atoms with Crippen molar-refractivity contribution < 1.29 is 23.9 Å². The molecule has 184 valence electrons. The van der Waals surface area contributed by atoms with Gasteiger partial charge in [-0.3, -0.25) is 19.2 Å². The van der Waals surface area contributed by atoms with Crippen LogP contribution in [-0.4, -0.2) is 28.7 Å². The minimum absolute atomic E-state index is 0.233. The van der Waals surface area contributed by atoms with Crippen LogP contribution in [0.3, 0.4) is 0 Å². The molecule has 38 heavy (non-hydrogen) atoms. The maximum absolute atomic E-state index is 14.6. The van der Waals surface area contributed by atoms with E-state index in [-0.39, 0.29) is 22.3 Å². The average Bonchev–Trinajstić information content (AvgIpc) is 3.48. The quantitative estimate of drug-likeness (QED) is 0.272. The molecule has 2 spiro atoms. The number of ether oxygens (including phenoxy) is 1. The molecule has 0 saturated carbocycles. The van der Waals surface area contributed by atoms with Crippen LogP contribution < -0.4 is 0 Å². The van der Waals surface area contributed by atoms with Crippen LogP contribution in [0.5, 0.6) is 0 Å². The Balaban J connectivity index is 1.60. The van der Waals surface area contributed by atoms with E-state index in [4.69, 9.17) is 4.74 Å². The highest BCUT2D eigenvalue weighted by molar-refractivity contribution is 9.10. The summed E-state index contributed by atoms with van der Waals surface area (Å²) in [5, 5.41) is 0. The zero-order valence-electron chi connectivity index (χ0n) is 19.9. The summed E-state index contributed by atoms with van der Waals surface area (Å²) in [6.07, 6.45) is -1.16. The summed E-state index contributed by atoms with van der Waals surface area (Å²) in [5.41, 5.74) is -1.88. The van der Waals surface area contributed by atoms with Crippen LogP contribution in [0.25, 0.3) is 0 Å². The highest BCUT2D eigenvalue weighted by Gasteiger charge is 2.79. The van der Waals surface area contributed by atoms with E-state index in [0.717, 1.165) is 0 Å². The van der Waals surface area contributed by atoms with Crippen LogP contribution in [-0.2, 0) is 4.74 Å². The fraction of sp³-hybridized carbons (Fsp3) is 0.125. The Bertz CT molecular complexity index is 1640. The fourth-order valence-corrected chi connectivity index (χ4v) is 7.06. The lowest BCUT2D eigenvalue weighted by Crippen LogP contribution is -2.51. The van der Waals surface area contributed by atoms with Gasteiger partial charge in [0, 0.05) is 26.7 Å². The third kappa shape index (κ3) is 2.69. The Morgan fingerprint density at radius 2 is 1.03 bits per heavy atom. The maximum Gasteiger partial charge on any atom is 0.204 e. The second-order valence-electron chi connectivity index (χ2n) is 9.91. The van der Waals surface area contributed by atoms with Gasteiger partial charge in [0.25, 0.3) is 0 Å². The zero-order chi connectivity index (χ0) is 26.2. The highest BCUT2D eigenvalue weighted by atomic mass is 79.9. The standard InChI is InChI=1S/C32H19BrO5/c33-20-12-8-11-19(17-20)25-31(26(34)21-13-4-5-14-22(21)27(31)35)30(18-9-2-1-3-10-18)38-32(25)28(36)23-15-6-7-16-24(23)29(32)37/h1-17,25,30H. The van der Waals surface area contributed by atoms with Gasteiger partial charge in [-0.2, -0.15) is 0 Å². The van der Waals surface area contributed by atoms with Crippen LogP contribution in [0.2, 0.25) is 0 Å². The van der Waals surface area contributed by atoms with Gasteiger partial charge >= 0.3 is 0 Å². The molecule has 3 aliphatic rings. The summed E-state index contributed by atoms with van der Waals surface area (Å²) < 4.78 is 7.35. The summed E-state index contributed by atoms with van der Waals surface area (Å²) in [5.74, 6) is -3.14. The molecule has 4 aromatic carbocycles. The Kier molecular flexibility index (Phi) is 4.87. The van der Waals surface area contributed by atoms with E-state index in [1.807, 2.05) is 12.1 Å². The molecule has 0 N–H and O–H groups in total. The molecule has 6 heteroatoms. The molecule has 1 saturated heterocycles. The van der Waals surface area contributed by atoms with Crippen LogP contribution in [0.15, 0.2) is 108 Å². The first-order valence-electron chi connectivity index (χ1n) is 12.3. The van der Waals surface area contributed by atoms with Crippen molar-refractivity contribution in [3.05, 3.63) is 141 Å². The van der Waals surface area contributed by atoms with Gasteiger partial charge in [0.1, 0.15) is 11.5 Å². The molecular weight excluding hydrogens is 544 g/mol. The second-order valence-corrected chi connectivity index (χ2v) is 10.8. The van der Waals surface area contributed by atoms with Gasteiger partial charge in [0.15, 0.2) is 11.6 Å². The Hall–Kier alpha value is -4.00. The summed E-state index contributed by atoms with van der Waals surface area (Å²) in [4.78, 5) is 57.8. The van der Waals surface area contributed by atoms with Gasteiger partial charge in [0.2, 0.25) is 17.2 Å². The number of halogens is 1. The van der Waals surface area contributed by atoms with Gasteiger partial charge < -0.3 is 4.74 Å². The molecule has 2 atom stereocenters. The normalized spacial score (nSPS) is 22.3. The van der Waals surface area contributed by atoms with E-state index < -0.39 is 46.2 Å². The molecule has 1 aliphatic heterocycles. The number of carbonyl (C=O) groups is 4. The molecule has 2 aliphatic carbocycles. The lowest BCUT2D eigenvalue weighted by molar-refractivity contribution is -0.0210. The third-order valence-electron chi connectivity index (χ3n) is 8.12. The number of Topliss-reactive ketones (excluding diaryl/α,β-unsaturated/α-hetero) is 4. The van der Waals surface area contributed by atoms with Gasteiger partial charge in [0.05, 0.1) is 5.92 Å². The minimum atomic E-state index is -2.08. The van der Waals surface area contributed by atoms with Gasteiger partial charge in [-0.25, -0.2) is 0 Å². The van der Waals surface area contributed by atoms with Crippen molar-refractivity contribution in [3.8, 4) is 0 Å². The fourth-order valence-electron chi connectivity index (χ4n) is 6.64. The largest absolute Gasteiger partial charge is 0.348 e. The summed E-state index contributed by atoms with van der Waals surface area (Å²) in [6.45, 7) is 0. The molecule has 0 aromatic heterocycles. The summed E-state index contributed by atoms with van der Waals surface area (Å²) in [6, 6.07) is 29.3. The van der Waals surface area contributed by atoms with Crippen LogP contribution in [0.1, 0.15) is 64.6 Å². The first-order chi connectivity index (χ1) is 18.4. The van der Waals surface area contributed by atoms with Crippen LogP contribution in [0, 0.1) is 5.41 Å². The van der Waals surface area contributed by atoms with E-state index in [1.165, 1.54) is 0 Å². The Morgan fingerprint density at radius 1 is 0.553 bits per heavy atom. The van der Waals surface area contributed by atoms with Crippen molar-refractivity contribution in [1.82, 2.24) is 0 Å². The van der Waals surface area contributed by atoms with Crippen molar-refractivity contribution in [1.29, 1.82) is 0 Å². The molecule has 1 heterocycles. The lowest BCUT2D eigenvalue weighted by atomic mass is 9.60. The summed E-state index contributed by atoms with van der Waals surface area (Å²) in [7, 11) is 0. The lowest BCUT2D eigenvalue weighted by Gasteiger charge is -2.34. The van der Waals surface area contributed by atoms with Crippen molar-refractivity contribution in [3.63, 3.8) is 0 Å². The molecule has 0 radical (unpaired) electrons. The van der Waals surface area contributed by atoms with E-state index in [9.17, 15) is 19.2 Å². The topological polar surface area (TPSA) is 77.5 Å². The van der Waals surface area contributed by atoms with Crippen molar-refractivity contribution >= 4 is 39.1 Å². The predicted molar refractivity (Wildman–Crippen MR) is 143 cm³/mol. The zero-order valence-corrected chi connectivity index (χ0v) is 21.5. The maximum atomic E-state index is 14.6. The summed E-state index contributed by atoms with van der Waals surface area (Å²) >= 11 is 3.50. The van der Waals surface area contributed by atoms with Gasteiger partial charge in [-0.15, -0.1) is 0 Å². The van der Waals surface area contributed by atoms with Gasteiger partial charge in [-0.1, -0.05) is 107 Å². The number of benzene rings is 4. The van der Waals surface area contributed by atoms with Crippen molar-refractivity contribution in [2.75, 3.05) is 0 Å². The molecule has 5 nitrogen and oxygen atoms in total. The number of carbonyl (C=O) groups excluding carboxylic acids is 4. The molecule has 7 rings (SSSR count). The molecule has 1 fully saturated rings. The molecular formula is C32H19BrO5. The SMILES string of the molecule is O=C1c2ccccc2C(=O)C12OC(c1ccccc1)C1(C(=O)c3ccccc3C1=O)C2c1cccc(Br)c1. The van der Waals surface area contributed by atoms with Crippen molar-refractivity contribution in [2.45, 2.75) is 17.6 Å². The Morgan fingerprint density at radius 3 is 1.55 bits per heavy atom. The Labute approximate surface area is 226 Å². The predicted octanol–water partition coefficient (Wildman–Crippen LogP) is 6.19. The van der Waals surface area contributed by atoms with E-state index in [2.05, 4.69) is 15.9 Å². The number of rotatable bonds is 2. The monoisotopic (exact) mass is 562 g/mol. The van der Waals surface area contributed by atoms with Crippen LogP contribution in [0.4, 0.5) is 0 Å². The molecule has 4 aromatic rings. The number of hydrogen-bond acceptors (Lipinski definition) is 5. The average molecular weight is 563 g/mol. The third-order valence-corrected chi connectivity index (χ3v) is 8.62.